The lowest BCUT2D eigenvalue weighted by atomic mass is 10.1. The van der Waals surface area contributed by atoms with E-state index in [1.165, 1.54) is 19.2 Å². The molecule has 0 radical (unpaired) electrons. The molecule has 194 valence electrons. The van der Waals surface area contributed by atoms with Gasteiger partial charge in [0.25, 0.3) is 10.0 Å². The van der Waals surface area contributed by atoms with E-state index in [0.717, 1.165) is 15.9 Å². The lowest BCUT2D eigenvalue weighted by Gasteiger charge is -2.26. The molecule has 0 unspecified atom stereocenters. The molecule has 37 heavy (non-hydrogen) atoms. The van der Waals surface area contributed by atoms with Crippen molar-refractivity contribution in [3.8, 4) is 5.75 Å². The molecule has 1 aliphatic rings. The molecule has 8 nitrogen and oxygen atoms in total. The molecule has 1 atom stereocenters. The Bertz CT molecular complexity index is 1410. The van der Waals surface area contributed by atoms with Gasteiger partial charge in [-0.2, -0.15) is 0 Å². The van der Waals surface area contributed by atoms with Crippen LogP contribution in [0.1, 0.15) is 11.1 Å². The number of benzene rings is 3. The maximum atomic E-state index is 14.1. The zero-order chi connectivity index (χ0) is 26.6. The number of nitrogens with zero attached hydrogens (tertiary/aromatic N) is 1. The van der Waals surface area contributed by atoms with Crippen LogP contribution in [-0.4, -0.2) is 46.6 Å². The zero-order valence-corrected chi connectivity index (χ0v) is 22.2. The first kappa shape index (κ1) is 26.6. The molecular weight excluding hydrogens is 567 g/mol. The van der Waals surface area contributed by atoms with Gasteiger partial charge in [0, 0.05) is 6.42 Å². The van der Waals surface area contributed by atoms with Crippen LogP contribution >= 0.6 is 15.9 Å². The molecule has 4 rings (SSSR count). The highest BCUT2D eigenvalue weighted by atomic mass is 79.9. The average molecular weight is 591 g/mol. The van der Waals surface area contributed by atoms with Crippen molar-refractivity contribution in [3.05, 3.63) is 88.1 Å². The van der Waals surface area contributed by atoms with Crippen LogP contribution in [0.4, 0.5) is 10.1 Å². The first-order valence-electron chi connectivity index (χ1n) is 11.3. The molecule has 0 bridgehead atoms. The number of carbonyl (C=O) groups excluding carboxylic acids is 2. The van der Waals surface area contributed by atoms with Gasteiger partial charge in [-0.1, -0.05) is 30.3 Å². The van der Waals surface area contributed by atoms with Gasteiger partial charge in [0.2, 0.25) is 5.91 Å². The summed E-state index contributed by atoms with van der Waals surface area (Å²) in [6.07, 6.45) is 0.339. The molecule has 11 heteroatoms. The Hall–Kier alpha value is -3.44. The van der Waals surface area contributed by atoms with Crippen LogP contribution in [-0.2, 0) is 37.2 Å². The fraction of sp³-hybridized carbons (Fsp3) is 0.231. The van der Waals surface area contributed by atoms with Crippen LogP contribution in [0, 0.1) is 5.82 Å². The van der Waals surface area contributed by atoms with E-state index in [9.17, 15) is 22.4 Å². The molecule has 1 N–H and O–H groups in total. The molecule has 0 spiro atoms. The predicted molar refractivity (Wildman–Crippen MR) is 138 cm³/mol. The first-order valence-corrected chi connectivity index (χ1v) is 13.6. The Morgan fingerprint density at radius 3 is 2.54 bits per heavy atom. The fourth-order valence-electron chi connectivity index (χ4n) is 4.01. The Labute approximate surface area is 222 Å². The molecule has 0 saturated carbocycles. The van der Waals surface area contributed by atoms with Gasteiger partial charge < -0.3 is 14.8 Å². The van der Waals surface area contributed by atoms with Gasteiger partial charge >= 0.3 is 5.97 Å². The Balaban J connectivity index is 1.42. The summed E-state index contributed by atoms with van der Waals surface area (Å²) in [6, 6.07) is 16.3. The van der Waals surface area contributed by atoms with Crippen LogP contribution in [0.3, 0.4) is 0 Å². The van der Waals surface area contributed by atoms with E-state index in [-0.39, 0.29) is 41.3 Å². The number of rotatable bonds is 9. The number of fused-ring (bicyclic) bond motifs is 1. The van der Waals surface area contributed by atoms with Crippen molar-refractivity contribution >= 4 is 43.5 Å². The van der Waals surface area contributed by atoms with Gasteiger partial charge in [0.15, 0.2) is 0 Å². The van der Waals surface area contributed by atoms with Crippen LogP contribution in [0.2, 0.25) is 0 Å². The second-order valence-electron chi connectivity index (χ2n) is 8.26. The summed E-state index contributed by atoms with van der Waals surface area (Å²) in [5.41, 5.74) is 1.86. The summed E-state index contributed by atoms with van der Waals surface area (Å²) >= 11 is 3.03. The third-order valence-corrected chi connectivity index (χ3v) is 8.31. The van der Waals surface area contributed by atoms with Crippen molar-refractivity contribution in [1.29, 1.82) is 0 Å². The van der Waals surface area contributed by atoms with Crippen LogP contribution in [0.25, 0.3) is 0 Å². The van der Waals surface area contributed by atoms with E-state index in [1.54, 1.807) is 48.5 Å². The molecule has 0 aliphatic carbocycles. The Kier molecular flexibility index (Phi) is 8.13. The lowest BCUT2D eigenvalue weighted by Crippen LogP contribution is -2.48. The maximum Gasteiger partial charge on any atom is 0.309 e. The number of para-hydroxylation sites is 1. The minimum atomic E-state index is -4.23. The first-order chi connectivity index (χ1) is 17.7. The fourth-order valence-corrected chi connectivity index (χ4v) is 5.92. The number of hydrogen-bond donors (Lipinski definition) is 1. The maximum absolute atomic E-state index is 14.1. The van der Waals surface area contributed by atoms with E-state index in [2.05, 4.69) is 26.0 Å². The second-order valence-corrected chi connectivity index (χ2v) is 10.9. The largest absolute Gasteiger partial charge is 0.492 e. The van der Waals surface area contributed by atoms with Gasteiger partial charge in [0.1, 0.15) is 24.2 Å². The smallest absolute Gasteiger partial charge is 0.309 e. The highest BCUT2D eigenvalue weighted by Crippen LogP contribution is 2.37. The van der Waals surface area contributed by atoms with E-state index in [1.807, 2.05) is 0 Å². The Morgan fingerprint density at radius 2 is 1.84 bits per heavy atom. The minimum Gasteiger partial charge on any atom is -0.492 e. The number of esters is 1. The number of sulfonamides is 1. The number of hydrogen-bond acceptors (Lipinski definition) is 6. The number of anilines is 1. The van der Waals surface area contributed by atoms with Crippen molar-refractivity contribution in [1.82, 2.24) is 5.32 Å². The molecule has 3 aromatic carbocycles. The van der Waals surface area contributed by atoms with Crippen molar-refractivity contribution in [3.63, 3.8) is 0 Å². The highest BCUT2D eigenvalue weighted by Gasteiger charge is 2.42. The Morgan fingerprint density at radius 1 is 1.11 bits per heavy atom. The quantitative estimate of drug-likeness (QED) is 0.302. The van der Waals surface area contributed by atoms with Crippen LogP contribution in [0.15, 0.2) is 76.1 Å². The van der Waals surface area contributed by atoms with Crippen molar-refractivity contribution in [2.45, 2.75) is 23.8 Å². The van der Waals surface area contributed by atoms with Crippen LogP contribution < -0.4 is 14.4 Å². The number of methoxy groups -OCH3 is 1. The molecule has 0 fully saturated rings. The standard InChI is InChI=1S/C26H24BrFN2O6S/c1-35-25(31)14-17-6-8-19(9-7-17)36-13-12-29-26(32)24-15-18-4-2-3-5-23(18)30(24)37(33,34)20-10-11-21(27)22(28)16-20/h2-11,16,24H,12-15H2,1H3,(H,29,32)/t24-/m0/s1. The third kappa shape index (κ3) is 5.94. The summed E-state index contributed by atoms with van der Waals surface area (Å²) in [5.74, 6) is -0.996. The lowest BCUT2D eigenvalue weighted by molar-refractivity contribution is -0.139. The monoisotopic (exact) mass is 590 g/mol. The van der Waals surface area contributed by atoms with Crippen molar-refractivity contribution < 1.29 is 31.9 Å². The van der Waals surface area contributed by atoms with Crippen molar-refractivity contribution in [2.75, 3.05) is 24.6 Å². The second kappa shape index (κ2) is 11.3. The number of halogens is 2. The number of ether oxygens (including phenoxy) is 2. The van der Waals surface area contributed by atoms with E-state index in [4.69, 9.17) is 4.74 Å². The van der Waals surface area contributed by atoms with Gasteiger partial charge in [0.05, 0.1) is 35.1 Å². The molecule has 0 aromatic heterocycles. The predicted octanol–water partition coefficient (Wildman–Crippen LogP) is 3.62. The normalized spacial score (nSPS) is 14.7. The zero-order valence-electron chi connectivity index (χ0n) is 19.8. The summed E-state index contributed by atoms with van der Waals surface area (Å²) in [5, 5.41) is 2.74. The van der Waals surface area contributed by atoms with Crippen molar-refractivity contribution in [2.24, 2.45) is 0 Å². The summed E-state index contributed by atoms with van der Waals surface area (Å²) in [6.45, 7) is 0.281. The topological polar surface area (TPSA) is 102 Å². The SMILES string of the molecule is COC(=O)Cc1ccc(OCCNC(=O)[C@@H]2Cc3ccccc3N2S(=O)(=O)c2ccc(Br)c(F)c2)cc1. The van der Waals surface area contributed by atoms with E-state index >= 15 is 0 Å². The number of amides is 1. The summed E-state index contributed by atoms with van der Waals surface area (Å²) < 4.78 is 52.7. The molecule has 1 aliphatic heterocycles. The number of carbonyl (C=O) groups is 2. The van der Waals surface area contributed by atoms with Gasteiger partial charge in [-0.05, 0) is 63.5 Å². The highest BCUT2D eigenvalue weighted by molar-refractivity contribution is 9.10. The molecule has 3 aromatic rings. The number of nitrogens with one attached hydrogen (secondary N) is 1. The third-order valence-electron chi connectivity index (χ3n) is 5.85. The molecule has 1 heterocycles. The van der Waals surface area contributed by atoms with E-state index < -0.39 is 27.8 Å². The molecule has 1 amide bonds. The summed E-state index contributed by atoms with van der Waals surface area (Å²) in [7, 11) is -2.90. The van der Waals surface area contributed by atoms with Crippen LogP contribution in [0.5, 0.6) is 5.75 Å². The van der Waals surface area contributed by atoms with Gasteiger partial charge in [-0.3, -0.25) is 13.9 Å². The average Bonchev–Trinajstić information content (AvgIpc) is 3.29. The summed E-state index contributed by atoms with van der Waals surface area (Å²) in [4.78, 5) is 24.2. The van der Waals surface area contributed by atoms with E-state index in [0.29, 0.717) is 17.0 Å². The molecule has 0 saturated heterocycles. The van der Waals surface area contributed by atoms with Gasteiger partial charge in [-0.25, -0.2) is 12.8 Å². The van der Waals surface area contributed by atoms with Gasteiger partial charge in [-0.15, -0.1) is 0 Å². The minimum absolute atomic E-state index is 0.135. The molecular formula is C26H24BrFN2O6S.